The van der Waals surface area contributed by atoms with Gasteiger partial charge in [0.2, 0.25) is 0 Å². The maximum absolute atomic E-state index is 12.6. The Hall–Kier alpha value is -1.65. The van der Waals surface area contributed by atoms with E-state index in [0.717, 1.165) is 57.4 Å². The molecule has 0 unspecified atom stereocenters. The van der Waals surface area contributed by atoms with Crippen molar-refractivity contribution in [1.82, 2.24) is 9.97 Å². The molecule has 1 aromatic heterocycles. The maximum atomic E-state index is 12.6. The lowest BCUT2D eigenvalue weighted by atomic mass is 9.71. The van der Waals surface area contributed by atoms with E-state index in [0.29, 0.717) is 5.41 Å². The van der Waals surface area contributed by atoms with E-state index in [1.807, 2.05) is 0 Å². The summed E-state index contributed by atoms with van der Waals surface area (Å²) < 4.78 is 5.97. The van der Waals surface area contributed by atoms with E-state index in [2.05, 4.69) is 35.6 Å². The highest BCUT2D eigenvalue weighted by Crippen LogP contribution is 2.42. The average Bonchev–Trinajstić information content (AvgIpc) is 2.59. The lowest BCUT2D eigenvalue weighted by Gasteiger charge is -2.42. The Balaban J connectivity index is 1.50. The van der Waals surface area contributed by atoms with E-state index in [4.69, 9.17) is 4.74 Å². The van der Waals surface area contributed by atoms with Crippen LogP contribution < -0.4 is 4.90 Å². The van der Waals surface area contributed by atoms with Crippen LogP contribution in [0.4, 0.5) is 5.82 Å². The Labute approximate surface area is 144 Å². The first-order chi connectivity index (χ1) is 11.4. The first-order valence-corrected chi connectivity index (χ1v) is 9.11. The van der Waals surface area contributed by atoms with E-state index in [9.17, 15) is 4.79 Å². The summed E-state index contributed by atoms with van der Waals surface area (Å²) in [5.74, 6) is 0.909. The highest BCUT2D eigenvalue weighted by molar-refractivity contribution is 5.73. The standard InChI is InChI=1S/C19H29N3O2/c1-18(2)6-8-19(3,9-7-18)24-17(23)15-4-12-22(13-5-15)16-14-20-10-11-21-16/h10-11,14-15H,4-9,12-13H2,1-3H3. The second-order valence-electron chi connectivity index (χ2n) is 8.36. The minimum absolute atomic E-state index is 0.00370. The molecular weight excluding hydrogens is 302 g/mol. The van der Waals surface area contributed by atoms with Gasteiger partial charge in [0, 0.05) is 25.5 Å². The van der Waals surface area contributed by atoms with Gasteiger partial charge in [-0.05, 0) is 50.9 Å². The number of carbonyl (C=O) groups is 1. The zero-order valence-electron chi connectivity index (χ0n) is 15.1. The predicted molar refractivity (Wildman–Crippen MR) is 93.7 cm³/mol. The van der Waals surface area contributed by atoms with Crippen LogP contribution in [0.5, 0.6) is 0 Å². The molecule has 2 heterocycles. The SMILES string of the molecule is CC1(C)CCC(C)(OC(=O)C2CCN(c3cnccn3)CC2)CC1. The molecule has 0 amide bonds. The van der Waals surface area contributed by atoms with Crippen molar-refractivity contribution in [3.05, 3.63) is 18.6 Å². The van der Waals surface area contributed by atoms with Crippen LogP contribution in [0.3, 0.4) is 0 Å². The summed E-state index contributed by atoms with van der Waals surface area (Å²) in [6.07, 6.45) is 11.0. The monoisotopic (exact) mass is 331 g/mol. The molecule has 1 aliphatic carbocycles. The number of hydrogen-bond acceptors (Lipinski definition) is 5. The summed E-state index contributed by atoms with van der Waals surface area (Å²) in [5.41, 5.74) is 0.114. The molecule has 0 N–H and O–H groups in total. The zero-order valence-corrected chi connectivity index (χ0v) is 15.1. The Morgan fingerprint density at radius 1 is 1.12 bits per heavy atom. The van der Waals surface area contributed by atoms with Crippen LogP contribution in [0, 0.1) is 11.3 Å². The van der Waals surface area contributed by atoms with Gasteiger partial charge >= 0.3 is 5.97 Å². The Kier molecular flexibility index (Phi) is 4.79. The van der Waals surface area contributed by atoms with Crippen LogP contribution in [-0.4, -0.2) is 34.6 Å². The summed E-state index contributed by atoms with van der Waals surface area (Å²) in [4.78, 5) is 23.3. The normalized spacial score (nSPS) is 23.7. The van der Waals surface area contributed by atoms with E-state index < -0.39 is 0 Å². The number of rotatable bonds is 3. The van der Waals surface area contributed by atoms with Crippen LogP contribution in [0.25, 0.3) is 0 Å². The molecule has 0 spiro atoms. The van der Waals surface area contributed by atoms with Gasteiger partial charge in [-0.15, -0.1) is 0 Å². The number of hydrogen-bond donors (Lipinski definition) is 0. The van der Waals surface area contributed by atoms with Gasteiger partial charge in [-0.25, -0.2) is 4.98 Å². The fourth-order valence-electron chi connectivity index (χ4n) is 3.68. The third-order valence-corrected chi connectivity index (χ3v) is 5.71. The van der Waals surface area contributed by atoms with Gasteiger partial charge in [-0.3, -0.25) is 9.78 Å². The third kappa shape index (κ3) is 4.05. The molecule has 1 saturated heterocycles. The van der Waals surface area contributed by atoms with E-state index in [1.54, 1.807) is 18.6 Å². The van der Waals surface area contributed by atoms with Crippen LogP contribution in [-0.2, 0) is 9.53 Å². The van der Waals surface area contributed by atoms with E-state index in [1.165, 1.54) is 0 Å². The lowest BCUT2D eigenvalue weighted by molar-refractivity contribution is -0.169. The molecule has 2 aliphatic rings. The van der Waals surface area contributed by atoms with Crippen molar-refractivity contribution in [1.29, 1.82) is 0 Å². The summed E-state index contributed by atoms with van der Waals surface area (Å²) in [6, 6.07) is 0. The van der Waals surface area contributed by atoms with Crippen LogP contribution >= 0.6 is 0 Å². The molecule has 0 atom stereocenters. The van der Waals surface area contributed by atoms with Crippen LogP contribution in [0.2, 0.25) is 0 Å². The van der Waals surface area contributed by atoms with Gasteiger partial charge in [-0.1, -0.05) is 13.8 Å². The second-order valence-corrected chi connectivity index (χ2v) is 8.36. The molecule has 1 saturated carbocycles. The van der Waals surface area contributed by atoms with E-state index >= 15 is 0 Å². The average molecular weight is 331 g/mol. The number of ether oxygens (including phenoxy) is 1. The van der Waals surface area contributed by atoms with Gasteiger partial charge in [-0.2, -0.15) is 0 Å². The lowest BCUT2D eigenvalue weighted by Crippen LogP contribution is -2.42. The fourth-order valence-corrected chi connectivity index (χ4v) is 3.68. The van der Waals surface area contributed by atoms with Crippen molar-refractivity contribution < 1.29 is 9.53 Å². The number of nitrogens with zero attached hydrogens (tertiary/aromatic N) is 3. The van der Waals surface area contributed by atoms with Crippen molar-refractivity contribution >= 4 is 11.8 Å². The molecule has 0 aromatic carbocycles. The summed E-state index contributed by atoms with van der Waals surface area (Å²) in [5, 5.41) is 0. The number of esters is 1. The van der Waals surface area contributed by atoms with Gasteiger partial charge in [0.1, 0.15) is 11.4 Å². The number of carbonyl (C=O) groups excluding carboxylic acids is 1. The van der Waals surface area contributed by atoms with Crippen molar-refractivity contribution in [2.75, 3.05) is 18.0 Å². The van der Waals surface area contributed by atoms with Crippen molar-refractivity contribution in [2.45, 2.75) is 64.9 Å². The summed E-state index contributed by atoms with van der Waals surface area (Å²) in [6.45, 7) is 8.38. The van der Waals surface area contributed by atoms with Gasteiger partial charge < -0.3 is 9.64 Å². The highest BCUT2D eigenvalue weighted by atomic mass is 16.6. The number of piperidine rings is 1. The molecule has 24 heavy (non-hydrogen) atoms. The Morgan fingerprint density at radius 2 is 1.79 bits per heavy atom. The highest BCUT2D eigenvalue weighted by Gasteiger charge is 2.39. The third-order valence-electron chi connectivity index (χ3n) is 5.71. The predicted octanol–water partition coefficient (Wildman–Crippen LogP) is 3.60. The minimum Gasteiger partial charge on any atom is -0.459 e. The number of aromatic nitrogens is 2. The molecular formula is C19H29N3O2. The largest absolute Gasteiger partial charge is 0.459 e. The van der Waals surface area contributed by atoms with Gasteiger partial charge in [0.25, 0.3) is 0 Å². The molecule has 2 fully saturated rings. The van der Waals surface area contributed by atoms with E-state index in [-0.39, 0.29) is 17.5 Å². The molecule has 0 bridgehead atoms. The number of anilines is 1. The molecule has 1 aliphatic heterocycles. The molecule has 132 valence electrons. The molecule has 1 aromatic rings. The fraction of sp³-hybridized carbons (Fsp3) is 0.737. The first-order valence-electron chi connectivity index (χ1n) is 9.11. The van der Waals surface area contributed by atoms with Crippen molar-refractivity contribution in [3.8, 4) is 0 Å². The van der Waals surface area contributed by atoms with Gasteiger partial charge in [0.15, 0.2) is 0 Å². The van der Waals surface area contributed by atoms with Crippen LogP contribution in [0.15, 0.2) is 18.6 Å². The first kappa shape index (κ1) is 17.2. The molecule has 5 nitrogen and oxygen atoms in total. The van der Waals surface area contributed by atoms with Crippen molar-refractivity contribution in [3.63, 3.8) is 0 Å². The molecule has 5 heteroatoms. The zero-order chi connectivity index (χ0) is 17.2. The molecule has 3 rings (SSSR count). The molecule has 0 radical (unpaired) electrons. The Bertz CT molecular complexity index is 555. The van der Waals surface area contributed by atoms with Crippen molar-refractivity contribution in [2.24, 2.45) is 11.3 Å². The second kappa shape index (κ2) is 6.69. The topological polar surface area (TPSA) is 55.3 Å². The quantitative estimate of drug-likeness (QED) is 0.792. The van der Waals surface area contributed by atoms with Gasteiger partial charge in [0.05, 0.1) is 12.1 Å². The smallest absolute Gasteiger partial charge is 0.309 e. The Morgan fingerprint density at radius 3 is 2.38 bits per heavy atom. The summed E-state index contributed by atoms with van der Waals surface area (Å²) in [7, 11) is 0. The maximum Gasteiger partial charge on any atom is 0.309 e. The van der Waals surface area contributed by atoms with Crippen LogP contribution in [0.1, 0.15) is 59.3 Å². The minimum atomic E-state index is -0.269. The summed E-state index contributed by atoms with van der Waals surface area (Å²) >= 11 is 0.